The summed E-state index contributed by atoms with van der Waals surface area (Å²) >= 11 is 1.27. The maximum Gasteiger partial charge on any atom is 0.340 e. The number of carbonyl (C=O) groups excluding carboxylic acids is 3. The maximum atomic E-state index is 12.3. The fourth-order valence-corrected chi connectivity index (χ4v) is 3.87. The fraction of sp³-hybridized carbons (Fsp3) is 0.500. The van der Waals surface area contributed by atoms with Gasteiger partial charge in [0.15, 0.2) is 0 Å². The molecule has 146 valence electrons. The second kappa shape index (κ2) is 9.09. The van der Waals surface area contributed by atoms with Crippen LogP contribution in [0.1, 0.15) is 16.8 Å². The van der Waals surface area contributed by atoms with Crippen LogP contribution in [-0.4, -0.2) is 74.3 Å². The van der Waals surface area contributed by atoms with Crippen molar-refractivity contribution >= 4 is 40.3 Å². The van der Waals surface area contributed by atoms with Gasteiger partial charge in [-0.1, -0.05) is 11.8 Å². The quantitative estimate of drug-likeness (QED) is 0.738. The number of methoxy groups -OCH3 is 1. The third kappa shape index (κ3) is 4.92. The van der Waals surface area contributed by atoms with Gasteiger partial charge in [0, 0.05) is 44.0 Å². The summed E-state index contributed by atoms with van der Waals surface area (Å²) in [4.78, 5) is 39.9. The molecule has 2 aliphatic heterocycles. The number of nitrogens with zero attached hydrogens (tertiary/aromatic N) is 2. The summed E-state index contributed by atoms with van der Waals surface area (Å²) in [5.74, 6) is 0.00570. The Bertz CT molecular complexity index is 721. The average Bonchev–Trinajstić information content (AvgIpc) is 3.11. The van der Waals surface area contributed by atoms with Gasteiger partial charge in [0.2, 0.25) is 5.91 Å². The summed E-state index contributed by atoms with van der Waals surface area (Å²) < 4.78 is 10.2. The molecule has 2 fully saturated rings. The van der Waals surface area contributed by atoms with Crippen molar-refractivity contribution in [3.8, 4) is 0 Å². The number of amides is 2. The van der Waals surface area contributed by atoms with E-state index in [0.29, 0.717) is 37.6 Å². The second-order valence-corrected chi connectivity index (χ2v) is 7.27. The van der Waals surface area contributed by atoms with Crippen molar-refractivity contribution in [1.82, 2.24) is 4.90 Å². The molecule has 2 heterocycles. The van der Waals surface area contributed by atoms with Crippen LogP contribution in [0.15, 0.2) is 18.2 Å². The van der Waals surface area contributed by atoms with Gasteiger partial charge in [-0.05, 0) is 18.2 Å². The number of esters is 1. The van der Waals surface area contributed by atoms with Crippen LogP contribution in [0, 0.1) is 0 Å². The fourth-order valence-electron chi connectivity index (χ4n) is 3.02. The van der Waals surface area contributed by atoms with Gasteiger partial charge in [0.05, 0.1) is 31.6 Å². The van der Waals surface area contributed by atoms with Crippen LogP contribution in [0.2, 0.25) is 0 Å². The molecule has 27 heavy (non-hydrogen) atoms. The van der Waals surface area contributed by atoms with Crippen LogP contribution < -0.4 is 10.2 Å². The van der Waals surface area contributed by atoms with E-state index in [4.69, 9.17) is 9.47 Å². The lowest BCUT2D eigenvalue weighted by Gasteiger charge is -2.29. The molecule has 8 nitrogen and oxygen atoms in total. The molecule has 0 aliphatic carbocycles. The van der Waals surface area contributed by atoms with Crippen molar-refractivity contribution in [2.45, 2.75) is 6.42 Å². The Labute approximate surface area is 162 Å². The van der Waals surface area contributed by atoms with Crippen molar-refractivity contribution in [2.75, 3.05) is 62.5 Å². The summed E-state index contributed by atoms with van der Waals surface area (Å²) in [5.41, 5.74) is 1.60. The van der Waals surface area contributed by atoms with Crippen molar-refractivity contribution in [3.05, 3.63) is 23.8 Å². The van der Waals surface area contributed by atoms with E-state index in [9.17, 15) is 14.4 Å². The molecule has 0 spiro atoms. The zero-order valence-corrected chi connectivity index (χ0v) is 16.0. The lowest BCUT2D eigenvalue weighted by atomic mass is 10.1. The molecule has 0 unspecified atom stereocenters. The van der Waals surface area contributed by atoms with E-state index in [1.54, 1.807) is 17.0 Å². The lowest BCUT2D eigenvalue weighted by molar-refractivity contribution is -0.116. The highest BCUT2D eigenvalue weighted by atomic mass is 32.2. The standard InChI is InChI=1S/C18H23N3O5S/c1-25-17(23)14-12-13(20-6-9-26-10-7-20)2-3-15(14)19-16(22)4-5-21-8-11-27-18(21)24/h2-3,12H,4-11H2,1H3,(H,19,22). The molecule has 0 aromatic heterocycles. The smallest absolute Gasteiger partial charge is 0.340 e. The zero-order chi connectivity index (χ0) is 19.2. The zero-order valence-electron chi connectivity index (χ0n) is 15.2. The number of morpholine rings is 1. The Morgan fingerprint density at radius 2 is 2.04 bits per heavy atom. The number of ether oxygens (including phenoxy) is 2. The summed E-state index contributed by atoms with van der Waals surface area (Å²) in [6.45, 7) is 3.80. The van der Waals surface area contributed by atoms with Crippen molar-refractivity contribution in [2.24, 2.45) is 0 Å². The summed E-state index contributed by atoms with van der Waals surface area (Å²) in [6.07, 6.45) is 0.179. The molecular formula is C18H23N3O5S. The van der Waals surface area contributed by atoms with Crippen molar-refractivity contribution in [3.63, 3.8) is 0 Å². The number of hydrogen-bond donors (Lipinski definition) is 1. The first-order valence-corrected chi connectivity index (χ1v) is 9.83. The average molecular weight is 393 g/mol. The van der Waals surface area contributed by atoms with E-state index in [0.717, 1.165) is 24.5 Å². The minimum Gasteiger partial charge on any atom is -0.465 e. The first-order chi connectivity index (χ1) is 13.1. The molecule has 0 bridgehead atoms. The molecule has 2 aliphatic rings. The number of benzene rings is 1. The topological polar surface area (TPSA) is 88.2 Å². The van der Waals surface area contributed by atoms with Crippen LogP contribution >= 0.6 is 11.8 Å². The first kappa shape index (κ1) is 19.5. The lowest BCUT2D eigenvalue weighted by Crippen LogP contribution is -2.36. The largest absolute Gasteiger partial charge is 0.465 e. The normalized spacial score (nSPS) is 17.1. The molecule has 2 amide bonds. The first-order valence-electron chi connectivity index (χ1n) is 8.85. The highest BCUT2D eigenvalue weighted by Gasteiger charge is 2.22. The van der Waals surface area contributed by atoms with Gasteiger partial charge in [-0.25, -0.2) is 4.79 Å². The molecular weight excluding hydrogens is 370 g/mol. The number of thioether (sulfide) groups is 1. The van der Waals surface area contributed by atoms with E-state index in [1.165, 1.54) is 18.9 Å². The molecule has 0 saturated carbocycles. The Morgan fingerprint density at radius 3 is 2.70 bits per heavy atom. The Balaban J connectivity index is 1.68. The highest BCUT2D eigenvalue weighted by molar-refractivity contribution is 8.13. The van der Waals surface area contributed by atoms with Crippen LogP contribution in [0.4, 0.5) is 16.2 Å². The van der Waals surface area contributed by atoms with Gasteiger partial charge >= 0.3 is 5.97 Å². The van der Waals surface area contributed by atoms with Crippen molar-refractivity contribution < 1.29 is 23.9 Å². The second-order valence-electron chi connectivity index (χ2n) is 6.22. The van der Waals surface area contributed by atoms with Gasteiger partial charge in [0.25, 0.3) is 5.24 Å². The molecule has 9 heteroatoms. The van der Waals surface area contributed by atoms with Gasteiger partial charge in [-0.3, -0.25) is 9.59 Å². The van der Waals surface area contributed by atoms with Gasteiger partial charge in [-0.15, -0.1) is 0 Å². The molecule has 1 aromatic rings. The molecule has 1 aromatic carbocycles. The van der Waals surface area contributed by atoms with Crippen LogP contribution in [0.25, 0.3) is 0 Å². The number of carbonyl (C=O) groups is 3. The van der Waals surface area contributed by atoms with E-state index in [1.807, 2.05) is 6.07 Å². The van der Waals surface area contributed by atoms with Gasteiger partial charge < -0.3 is 24.6 Å². The summed E-state index contributed by atoms with van der Waals surface area (Å²) in [7, 11) is 1.31. The Hall–Kier alpha value is -2.26. The van der Waals surface area contributed by atoms with Crippen LogP contribution in [-0.2, 0) is 14.3 Å². The monoisotopic (exact) mass is 393 g/mol. The predicted molar refractivity (Wildman–Crippen MR) is 103 cm³/mol. The number of nitrogens with one attached hydrogen (secondary N) is 1. The van der Waals surface area contributed by atoms with E-state index in [2.05, 4.69) is 10.2 Å². The van der Waals surface area contributed by atoms with E-state index >= 15 is 0 Å². The predicted octanol–water partition coefficient (Wildman–Crippen LogP) is 1.81. The minimum atomic E-state index is -0.508. The number of hydrogen-bond acceptors (Lipinski definition) is 7. The van der Waals surface area contributed by atoms with E-state index < -0.39 is 5.97 Å². The Kier molecular flexibility index (Phi) is 6.57. The molecule has 3 rings (SSSR count). The van der Waals surface area contributed by atoms with Gasteiger partial charge in [-0.2, -0.15) is 0 Å². The molecule has 0 radical (unpaired) electrons. The number of anilines is 2. The maximum absolute atomic E-state index is 12.3. The van der Waals surface area contributed by atoms with Crippen LogP contribution in [0.3, 0.4) is 0 Å². The summed E-state index contributed by atoms with van der Waals surface area (Å²) in [6, 6.07) is 5.31. The molecule has 1 N–H and O–H groups in total. The van der Waals surface area contributed by atoms with E-state index in [-0.39, 0.29) is 17.6 Å². The SMILES string of the molecule is COC(=O)c1cc(N2CCOCC2)ccc1NC(=O)CCN1CCSC1=O. The third-order valence-corrected chi connectivity index (χ3v) is 5.40. The molecule has 2 saturated heterocycles. The highest BCUT2D eigenvalue weighted by Crippen LogP contribution is 2.25. The van der Waals surface area contributed by atoms with Gasteiger partial charge in [0.1, 0.15) is 0 Å². The third-order valence-electron chi connectivity index (χ3n) is 4.51. The Morgan fingerprint density at radius 1 is 1.26 bits per heavy atom. The van der Waals surface area contributed by atoms with Crippen molar-refractivity contribution in [1.29, 1.82) is 0 Å². The number of rotatable bonds is 6. The van der Waals surface area contributed by atoms with Crippen LogP contribution in [0.5, 0.6) is 0 Å². The summed E-state index contributed by atoms with van der Waals surface area (Å²) in [5, 5.41) is 2.77. The molecule has 0 atom stereocenters. The minimum absolute atomic E-state index is 0.00733.